The van der Waals surface area contributed by atoms with Gasteiger partial charge in [0.25, 0.3) is 0 Å². The number of anilines is 5. The Kier molecular flexibility index (Phi) is 9.65. The lowest BCUT2D eigenvalue weighted by Gasteiger charge is -2.31. The molecule has 2 nitrogen and oxygen atoms in total. The molecule has 332 valence electrons. The molecule has 0 bridgehead atoms. The van der Waals surface area contributed by atoms with E-state index < -0.39 is 0 Å². The van der Waals surface area contributed by atoms with Crippen molar-refractivity contribution in [1.82, 2.24) is 0 Å². The lowest BCUT2D eigenvalue weighted by atomic mass is 9.83. The Morgan fingerprint density at radius 2 is 0.857 bits per heavy atom. The van der Waals surface area contributed by atoms with Crippen molar-refractivity contribution in [2.24, 2.45) is 0 Å². The van der Waals surface area contributed by atoms with E-state index in [2.05, 4.69) is 240 Å². The van der Waals surface area contributed by atoms with E-state index >= 15 is 0 Å². The van der Waals surface area contributed by atoms with Crippen molar-refractivity contribution in [1.29, 1.82) is 0 Å². The van der Waals surface area contributed by atoms with E-state index in [4.69, 9.17) is 0 Å². The smallest absolute Gasteiger partial charge is 0.0493 e. The highest BCUT2D eigenvalue weighted by molar-refractivity contribution is 6.25. The third-order valence-electron chi connectivity index (χ3n) is 15.4. The van der Waals surface area contributed by atoms with Crippen LogP contribution in [0.4, 0.5) is 28.4 Å². The molecule has 70 heavy (non-hydrogen) atoms. The number of nitrogens with zero attached hydrogens (tertiary/aromatic N) is 2. The van der Waals surface area contributed by atoms with Crippen LogP contribution in [0.3, 0.4) is 0 Å². The molecule has 0 amide bonds. The maximum absolute atomic E-state index is 2.61. The van der Waals surface area contributed by atoms with Crippen LogP contribution in [0.25, 0.3) is 76.5 Å². The summed E-state index contributed by atoms with van der Waals surface area (Å²) in [5.41, 5.74) is 20.6. The molecule has 1 aliphatic carbocycles. The molecule has 0 unspecified atom stereocenters. The number of para-hydroxylation sites is 3. The zero-order valence-electron chi connectivity index (χ0n) is 39.1. The quantitative estimate of drug-likeness (QED) is 0.159. The molecule has 2 heterocycles. The Morgan fingerprint density at radius 3 is 1.57 bits per heavy atom. The monoisotopic (exact) mass is 894 g/mol. The zero-order valence-corrected chi connectivity index (χ0v) is 39.1. The van der Waals surface area contributed by atoms with E-state index in [1.54, 1.807) is 0 Å². The Balaban J connectivity index is 1.12. The Hall–Kier alpha value is -8.46. The first kappa shape index (κ1) is 40.6. The lowest BCUT2D eigenvalue weighted by Crippen LogP contribution is -2.19. The fourth-order valence-electron chi connectivity index (χ4n) is 12.2. The van der Waals surface area contributed by atoms with Gasteiger partial charge in [0.1, 0.15) is 0 Å². The molecule has 0 atom stereocenters. The first-order chi connectivity index (χ1) is 34.7. The molecule has 0 radical (unpaired) electrons. The van der Waals surface area contributed by atoms with Gasteiger partial charge in [-0.25, -0.2) is 0 Å². The summed E-state index contributed by atoms with van der Waals surface area (Å²) < 4.78 is 0. The molecule has 0 saturated heterocycles. The van der Waals surface area contributed by atoms with Crippen molar-refractivity contribution in [3.05, 3.63) is 259 Å². The van der Waals surface area contributed by atoms with E-state index in [1.165, 1.54) is 127 Å². The minimum absolute atomic E-state index is 0.999. The summed E-state index contributed by atoms with van der Waals surface area (Å²) in [6.07, 6.45) is 10.9. The van der Waals surface area contributed by atoms with E-state index in [9.17, 15) is 0 Å². The summed E-state index contributed by atoms with van der Waals surface area (Å²) in [5.74, 6) is 0. The summed E-state index contributed by atoms with van der Waals surface area (Å²) in [4.78, 5) is 5.14. The third-order valence-corrected chi connectivity index (χ3v) is 15.4. The summed E-state index contributed by atoms with van der Waals surface area (Å²) >= 11 is 0. The van der Waals surface area contributed by atoms with Crippen LogP contribution in [-0.2, 0) is 19.3 Å². The standard InChI is InChI=1S/C68H50N2/c1-2-17-46(18-3-1)55-40-41-58(57-25-11-10-24-56(55)57)68-60-39-37-53(69-63-26-12-6-19-47(63)31-32-48-20-7-13-27-64(48)69)43-61(60)67(52-35-30-45-16-4-5-23-51(45)42-52)59-38-36-54(44-62(59)68)70-65-28-14-8-21-49(65)33-34-50-22-9-15-29-66(50)70/h1-14,16-28,30,35-44H,15,29,31-34H2. The normalized spacial score (nSPS) is 14.3. The minimum Gasteiger partial charge on any atom is -0.314 e. The molecule has 0 spiro atoms. The zero-order chi connectivity index (χ0) is 46.1. The van der Waals surface area contributed by atoms with Gasteiger partial charge in [-0.3, -0.25) is 0 Å². The van der Waals surface area contributed by atoms with Crippen LogP contribution >= 0.6 is 0 Å². The SMILES string of the molecule is C1=CC2=C(CC1)N(c1ccc3c(-c4ccc5ccccc5c4)c4cc(N5c6ccccc6CCc6ccccc65)ccc4c(-c4ccc(-c5ccccc5)c5ccccc45)c3c1)c1ccccc1CC2. The Morgan fingerprint density at radius 1 is 0.314 bits per heavy atom. The van der Waals surface area contributed by atoms with Crippen molar-refractivity contribution in [3.8, 4) is 33.4 Å². The number of fused-ring (bicyclic) bond motifs is 7. The highest BCUT2D eigenvalue weighted by atomic mass is 15.2. The summed E-state index contributed by atoms with van der Waals surface area (Å²) in [7, 11) is 0. The molecular weight excluding hydrogens is 845 g/mol. The predicted molar refractivity (Wildman–Crippen MR) is 297 cm³/mol. The molecular formula is C68H50N2. The second kappa shape index (κ2) is 16.6. The predicted octanol–water partition coefficient (Wildman–Crippen LogP) is 18.6. The van der Waals surface area contributed by atoms with Crippen LogP contribution in [-0.4, -0.2) is 0 Å². The third kappa shape index (κ3) is 6.62. The first-order valence-corrected chi connectivity index (χ1v) is 25.1. The number of hydrogen-bond acceptors (Lipinski definition) is 2. The van der Waals surface area contributed by atoms with Crippen molar-refractivity contribution in [2.75, 3.05) is 9.80 Å². The first-order valence-electron chi connectivity index (χ1n) is 25.1. The van der Waals surface area contributed by atoms with E-state index in [-0.39, 0.29) is 0 Å². The van der Waals surface area contributed by atoms with Gasteiger partial charge in [-0.1, -0.05) is 182 Å². The largest absolute Gasteiger partial charge is 0.314 e. The van der Waals surface area contributed by atoms with E-state index in [1.807, 2.05) is 0 Å². The number of benzene rings is 11. The maximum atomic E-state index is 2.61. The van der Waals surface area contributed by atoms with Crippen LogP contribution in [0.1, 0.15) is 36.0 Å². The molecule has 0 aromatic heterocycles. The number of hydrogen-bond donors (Lipinski definition) is 0. The topological polar surface area (TPSA) is 6.48 Å². The second-order valence-electron chi connectivity index (χ2n) is 19.3. The van der Waals surface area contributed by atoms with Crippen molar-refractivity contribution in [3.63, 3.8) is 0 Å². The fourth-order valence-corrected chi connectivity index (χ4v) is 12.2. The summed E-state index contributed by atoms with van der Waals surface area (Å²) in [6.45, 7) is 0. The van der Waals surface area contributed by atoms with E-state index in [0.717, 1.165) is 44.2 Å². The summed E-state index contributed by atoms with van der Waals surface area (Å²) in [5, 5.41) is 9.95. The van der Waals surface area contributed by atoms with Gasteiger partial charge in [0.2, 0.25) is 0 Å². The molecule has 3 aliphatic rings. The van der Waals surface area contributed by atoms with Gasteiger partial charge in [-0.15, -0.1) is 0 Å². The highest BCUT2D eigenvalue weighted by Crippen LogP contribution is 2.52. The Labute approximate surface area is 409 Å². The van der Waals surface area contributed by atoms with Crippen LogP contribution in [0.5, 0.6) is 0 Å². The molecule has 11 aromatic carbocycles. The average molecular weight is 895 g/mol. The van der Waals surface area contributed by atoms with Crippen molar-refractivity contribution < 1.29 is 0 Å². The Bertz CT molecular complexity index is 3920. The number of allylic oxidation sites excluding steroid dienone is 4. The highest BCUT2D eigenvalue weighted by Gasteiger charge is 2.28. The lowest BCUT2D eigenvalue weighted by molar-refractivity contribution is 0.874. The van der Waals surface area contributed by atoms with Gasteiger partial charge in [0.05, 0.1) is 0 Å². The molecule has 0 N–H and O–H groups in total. The van der Waals surface area contributed by atoms with Gasteiger partial charge < -0.3 is 9.80 Å². The fraction of sp³-hybridized carbons (Fsp3) is 0.0882. The molecule has 14 rings (SSSR count). The van der Waals surface area contributed by atoms with Crippen molar-refractivity contribution >= 4 is 71.5 Å². The van der Waals surface area contributed by atoms with Crippen LogP contribution in [0.15, 0.2) is 242 Å². The van der Waals surface area contributed by atoms with Crippen LogP contribution in [0, 0.1) is 0 Å². The van der Waals surface area contributed by atoms with Gasteiger partial charge in [0.15, 0.2) is 0 Å². The molecule has 2 heteroatoms. The number of aryl methyl sites for hydroxylation is 3. The maximum Gasteiger partial charge on any atom is 0.0493 e. The van der Waals surface area contributed by atoms with Crippen molar-refractivity contribution in [2.45, 2.75) is 38.5 Å². The number of rotatable bonds is 5. The van der Waals surface area contributed by atoms with E-state index in [0.29, 0.717) is 0 Å². The molecule has 2 aliphatic heterocycles. The molecule has 0 saturated carbocycles. The van der Waals surface area contributed by atoms with Crippen LogP contribution in [0.2, 0.25) is 0 Å². The second-order valence-corrected chi connectivity index (χ2v) is 19.3. The van der Waals surface area contributed by atoms with Gasteiger partial charge in [-0.2, -0.15) is 0 Å². The van der Waals surface area contributed by atoms with Gasteiger partial charge in [-0.05, 0) is 186 Å². The van der Waals surface area contributed by atoms with Crippen LogP contribution < -0.4 is 9.80 Å². The molecule has 11 aromatic rings. The van der Waals surface area contributed by atoms with Gasteiger partial charge >= 0.3 is 0 Å². The average Bonchev–Trinajstić information content (AvgIpc) is 3.70. The molecule has 0 fully saturated rings. The summed E-state index contributed by atoms with van der Waals surface area (Å²) in [6, 6.07) is 82.4. The van der Waals surface area contributed by atoms with Gasteiger partial charge in [0, 0.05) is 34.1 Å². The minimum atomic E-state index is 0.999.